The van der Waals surface area contributed by atoms with Crippen LogP contribution in [0, 0.1) is 5.82 Å². The van der Waals surface area contributed by atoms with Gasteiger partial charge >= 0.3 is 6.03 Å². The SMILES string of the molecule is CNC1=NC(=O)N(c2cccc(F)c2)[C@@]12CCN[C@@H](C)C2. The zero-order chi connectivity index (χ0) is 15.0. The van der Waals surface area contributed by atoms with Gasteiger partial charge in [-0.2, -0.15) is 4.99 Å². The van der Waals surface area contributed by atoms with Crippen LogP contribution in [0.4, 0.5) is 14.9 Å². The molecule has 6 heteroatoms. The van der Waals surface area contributed by atoms with E-state index >= 15 is 0 Å². The Balaban J connectivity index is 2.07. The molecule has 0 unspecified atom stereocenters. The molecule has 2 atom stereocenters. The third kappa shape index (κ3) is 2.19. The molecule has 3 rings (SSSR count). The van der Waals surface area contributed by atoms with Crippen LogP contribution < -0.4 is 15.5 Å². The van der Waals surface area contributed by atoms with Crippen LogP contribution in [-0.2, 0) is 0 Å². The van der Waals surface area contributed by atoms with E-state index in [1.807, 2.05) is 0 Å². The van der Waals surface area contributed by atoms with E-state index in [0.29, 0.717) is 11.5 Å². The van der Waals surface area contributed by atoms with Crippen molar-refractivity contribution in [3.8, 4) is 0 Å². The number of halogens is 1. The Hall–Kier alpha value is -1.95. The fourth-order valence-corrected chi connectivity index (χ4v) is 3.42. The fourth-order valence-electron chi connectivity index (χ4n) is 3.42. The van der Waals surface area contributed by atoms with E-state index in [2.05, 4.69) is 22.5 Å². The van der Waals surface area contributed by atoms with Crippen LogP contribution in [-0.4, -0.2) is 37.0 Å². The smallest absolute Gasteiger partial charge is 0.350 e. The average molecular weight is 290 g/mol. The second-order valence-electron chi connectivity index (χ2n) is 5.65. The van der Waals surface area contributed by atoms with Gasteiger partial charge in [-0.3, -0.25) is 4.90 Å². The summed E-state index contributed by atoms with van der Waals surface area (Å²) in [5.74, 6) is 0.320. The van der Waals surface area contributed by atoms with E-state index in [0.717, 1.165) is 19.4 Å². The zero-order valence-electron chi connectivity index (χ0n) is 12.2. The Bertz CT molecular complexity index is 603. The second-order valence-corrected chi connectivity index (χ2v) is 5.65. The minimum absolute atomic E-state index is 0.263. The highest BCUT2D eigenvalue weighted by Crippen LogP contribution is 2.38. The summed E-state index contributed by atoms with van der Waals surface area (Å²) in [7, 11) is 1.77. The average Bonchev–Trinajstić information content (AvgIpc) is 2.70. The number of rotatable bonds is 1. The normalized spacial score (nSPS) is 28.9. The van der Waals surface area contributed by atoms with Gasteiger partial charge in [0.25, 0.3) is 0 Å². The Kier molecular flexibility index (Phi) is 3.41. The molecule has 1 aromatic carbocycles. The number of amides is 2. The molecule has 21 heavy (non-hydrogen) atoms. The number of nitrogens with zero attached hydrogens (tertiary/aromatic N) is 2. The Morgan fingerprint density at radius 1 is 1.52 bits per heavy atom. The van der Waals surface area contributed by atoms with Gasteiger partial charge in [0.15, 0.2) is 0 Å². The Morgan fingerprint density at radius 2 is 2.33 bits per heavy atom. The minimum Gasteiger partial charge on any atom is -0.374 e. The number of hydrogen-bond acceptors (Lipinski definition) is 3. The minimum atomic E-state index is -0.510. The monoisotopic (exact) mass is 290 g/mol. The molecule has 0 aliphatic carbocycles. The van der Waals surface area contributed by atoms with Gasteiger partial charge in [-0.15, -0.1) is 0 Å². The number of urea groups is 1. The predicted molar refractivity (Wildman–Crippen MR) is 80.2 cm³/mol. The topological polar surface area (TPSA) is 56.7 Å². The Labute approximate surface area is 123 Å². The number of anilines is 1. The van der Waals surface area contributed by atoms with Crippen molar-refractivity contribution in [2.45, 2.75) is 31.3 Å². The van der Waals surface area contributed by atoms with Crippen molar-refractivity contribution in [2.75, 3.05) is 18.5 Å². The van der Waals surface area contributed by atoms with Gasteiger partial charge in [-0.1, -0.05) is 6.07 Å². The molecule has 0 saturated carbocycles. The number of likely N-dealkylation sites (N-methyl/N-ethyl adjacent to an activating group) is 1. The van der Waals surface area contributed by atoms with Gasteiger partial charge in [0, 0.05) is 18.8 Å². The number of nitrogens with one attached hydrogen (secondary N) is 2. The number of aliphatic imine (C=N–C) groups is 1. The van der Waals surface area contributed by atoms with Crippen LogP contribution in [0.5, 0.6) is 0 Å². The fraction of sp³-hybridized carbons (Fsp3) is 0.467. The number of amidine groups is 1. The van der Waals surface area contributed by atoms with Crippen molar-refractivity contribution >= 4 is 17.6 Å². The summed E-state index contributed by atoms with van der Waals surface area (Å²) in [6.45, 7) is 2.88. The van der Waals surface area contributed by atoms with Gasteiger partial charge in [0.05, 0.1) is 0 Å². The maximum Gasteiger partial charge on any atom is 0.350 e. The maximum atomic E-state index is 13.6. The number of carbonyl (C=O) groups excluding carboxylic acids is 1. The molecule has 0 radical (unpaired) electrons. The van der Waals surface area contributed by atoms with Crippen molar-refractivity contribution in [3.63, 3.8) is 0 Å². The van der Waals surface area contributed by atoms with E-state index in [1.54, 1.807) is 24.1 Å². The summed E-state index contributed by atoms with van der Waals surface area (Å²) in [6, 6.07) is 6.07. The van der Waals surface area contributed by atoms with Crippen LogP contribution in [0.1, 0.15) is 19.8 Å². The molecule has 2 aliphatic heterocycles. The van der Waals surface area contributed by atoms with Gasteiger partial charge in [0.2, 0.25) is 0 Å². The van der Waals surface area contributed by atoms with Crippen LogP contribution in [0.25, 0.3) is 0 Å². The first-order chi connectivity index (χ1) is 10.1. The molecular weight excluding hydrogens is 271 g/mol. The number of piperidine rings is 1. The van der Waals surface area contributed by atoms with Gasteiger partial charge < -0.3 is 10.6 Å². The summed E-state index contributed by atoms with van der Waals surface area (Å²) >= 11 is 0. The summed E-state index contributed by atoms with van der Waals surface area (Å²) in [5.41, 5.74) is 0.0488. The molecule has 5 nitrogen and oxygen atoms in total. The van der Waals surface area contributed by atoms with Crippen LogP contribution >= 0.6 is 0 Å². The van der Waals surface area contributed by atoms with Gasteiger partial charge in [0.1, 0.15) is 17.2 Å². The van der Waals surface area contributed by atoms with E-state index in [4.69, 9.17) is 0 Å². The zero-order valence-corrected chi connectivity index (χ0v) is 12.2. The molecule has 1 saturated heterocycles. The van der Waals surface area contributed by atoms with E-state index in [1.165, 1.54) is 12.1 Å². The summed E-state index contributed by atoms with van der Waals surface area (Å²) in [5, 5.41) is 6.44. The first kappa shape index (κ1) is 14.0. The maximum absolute atomic E-state index is 13.6. The van der Waals surface area contributed by atoms with E-state index in [9.17, 15) is 9.18 Å². The molecule has 0 aromatic heterocycles. The van der Waals surface area contributed by atoms with Crippen LogP contribution in [0.2, 0.25) is 0 Å². The molecule has 2 aliphatic rings. The molecule has 2 amide bonds. The molecular formula is C15H19FN4O. The molecule has 1 spiro atoms. The first-order valence-electron chi connectivity index (χ1n) is 7.17. The third-order valence-electron chi connectivity index (χ3n) is 4.25. The van der Waals surface area contributed by atoms with Crippen molar-refractivity contribution in [3.05, 3.63) is 30.1 Å². The molecule has 2 heterocycles. The summed E-state index contributed by atoms with van der Waals surface area (Å²) in [6.07, 6.45) is 1.49. The number of benzene rings is 1. The first-order valence-corrected chi connectivity index (χ1v) is 7.17. The highest BCUT2D eigenvalue weighted by molar-refractivity contribution is 6.16. The summed E-state index contributed by atoms with van der Waals surface area (Å²) in [4.78, 5) is 18.2. The number of hydrogen-bond donors (Lipinski definition) is 2. The molecule has 2 N–H and O–H groups in total. The lowest BCUT2D eigenvalue weighted by Crippen LogP contribution is -2.62. The lowest BCUT2D eigenvalue weighted by molar-refractivity contribution is 0.247. The summed E-state index contributed by atoms with van der Waals surface area (Å²) < 4.78 is 13.6. The molecule has 0 bridgehead atoms. The van der Waals surface area contributed by atoms with Crippen LogP contribution in [0.15, 0.2) is 29.3 Å². The Morgan fingerprint density at radius 3 is 3.00 bits per heavy atom. The highest BCUT2D eigenvalue weighted by atomic mass is 19.1. The van der Waals surface area contributed by atoms with Crippen molar-refractivity contribution in [1.29, 1.82) is 0 Å². The third-order valence-corrected chi connectivity index (χ3v) is 4.25. The van der Waals surface area contributed by atoms with E-state index in [-0.39, 0.29) is 17.9 Å². The molecule has 1 aromatic rings. The van der Waals surface area contributed by atoms with Crippen molar-refractivity contribution in [2.24, 2.45) is 4.99 Å². The lowest BCUT2D eigenvalue weighted by Gasteiger charge is -2.44. The molecule has 1 fully saturated rings. The predicted octanol–water partition coefficient (Wildman–Crippen LogP) is 1.89. The van der Waals surface area contributed by atoms with Crippen molar-refractivity contribution in [1.82, 2.24) is 10.6 Å². The van der Waals surface area contributed by atoms with Crippen LogP contribution in [0.3, 0.4) is 0 Å². The number of carbonyl (C=O) groups is 1. The standard InChI is InChI=1S/C15H19FN4O/c1-10-9-15(6-7-18-10)13(17-2)19-14(21)20(15)12-5-3-4-11(16)8-12/h3-5,8,10,18H,6-7,9H2,1-2H3,(H,17,19,21)/t10-,15+/m0/s1. The highest BCUT2D eigenvalue weighted by Gasteiger charge is 2.51. The molecule has 112 valence electrons. The van der Waals surface area contributed by atoms with Crippen molar-refractivity contribution < 1.29 is 9.18 Å². The largest absolute Gasteiger partial charge is 0.374 e. The lowest BCUT2D eigenvalue weighted by atomic mass is 9.82. The second kappa shape index (κ2) is 5.11. The quantitative estimate of drug-likeness (QED) is 0.830. The van der Waals surface area contributed by atoms with Gasteiger partial charge in [-0.25, -0.2) is 9.18 Å². The van der Waals surface area contributed by atoms with E-state index < -0.39 is 5.54 Å². The van der Waals surface area contributed by atoms with Gasteiger partial charge in [-0.05, 0) is 44.5 Å².